The maximum Gasteiger partial charge on any atom is 0.123 e. The molecule has 0 aromatic heterocycles. The van der Waals surface area contributed by atoms with E-state index in [1.54, 1.807) is 0 Å². The van der Waals surface area contributed by atoms with Crippen LogP contribution in [0, 0.1) is 16.7 Å². The fraction of sp³-hybridized carbons (Fsp3) is 0.500. The first-order chi connectivity index (χ1) is 8.57. The summed E-state index contributed by atoms with van der Waals surface area (Å²) in [6.45, 7) is 4.79. The van der Waals surface area contributed by atoms with E-state index in [-0.39, 0.29) is 12.1 Å². The minimum atomic E-state index is -0.569. The van der Waals surface area contributed by atoms with E-state index in [0.717, 1.165) is 11.3 Å². The predicted octanol–water partition coefficient (Wildman–Crippen LogP) is 2.01. The first-order valence-electron chi connectivity index (χ1n) is 6.08. The van der Waals surface area contributed by atoms with Gasteiger partial charge in [-0.3, -0.25) is 0 Å². The van der Waals surface area contributed by atoms with Crippen LogP contribution in [0.2, 0.25) is 0 Å². The lowest BCUT2D eigenvalue weighted by molar-refractivity contribution is -0.0910. The maximum absolute atomic E-state index is 9.21. The van der Waals surface area contributed by atoms with Crippen LogP contribution in [0.4, 0.5) is 0 Å². The molecule has 1 aliphatic heterocycles. The fourth-order valence-corrected chi connectivity index (χ4v) is 1.98. The molecule has 4 heteroatoms. The average Bonchev–Trinajstić information content (AvgIpc) is 2.28. The summed E-state index contributed by atoms with van der Waals surface area (Å²) in [4.78, 5) is 0. The van der Waals surface area contributed by atoms with E-state index in [9.17, 15) is 5.26 Å². The fourth-order valence-electron chi connectivity index (χ4n) is 1.98. The average molecular weight is 246 g/mol. The molecule has 0 spiro atoms. The second-order valence-corrected chi connectivity index (χ2v) is 4.97. The van der Waals surface area contributed by atoms with E-state index in [4.69, 9.17) is 15.2 Å². The Morgan fingerprint density at radius 3 is 2.33 bits per heavy atom. The zero-order valence-corrected chi connectivity index (χ0v) is 10.7. The highest BCUT2D eigenvalue weighted by Crippen LogP contribution is 2.38. The van der Waals surface area contributed by atoms with Gasteiger partial charge < -0.3 is 15.2 Å². The molecule has 2 N–H and O–H groups in total. The molecule has 4 nitrogen and oxygen atoms in total. The van der Waals surface area contributed by atoms with Crippen LogP contribution in [0.3, 0.4) is 0 Å². The Kier molecular flexibility index (Phi) is 3.55. The summed E-state index contributed by atoms with van der Waals surface area (Å²) in [5, 5.41) is 9.21. The van der Waals surface area contributed by atoms with Crippen molar-refractivity contribution in [3.63, 3.8) is 0 Å². The van der Waals surface area contributed by atoms with Crippen LogP contribution in [-0.2, 0) is 4.74 Å². The standard InChI is InChI=1S/C14H18N2O2/c1-10(2)18-12-5-3-11(4-6-12)13(16)14(7-15)8-17-9-14/h3-6,10,13H,8-9,16H2,1-2H3. The van der Waals surface area contributed by atoms with E-state index >= 15 is 0 Å². The smallest absolute Gasteiger partial charge is 0.123 e. The molecule has 0 bridgehead atoms. The zero-order valence-electron chi connectivity index (χ0n) is 10.7. The zero-order chi connectivity index (χ0) is 13.2. The van der Waals surface area contributed by atoms with Crippen LogP contribution < -0.4 is 10.5 Å². The quantitative estimate of drug-likeness (QED) is 0.882. The lowest BCUT2D eigenvalue weighted by atomic mass is 9.77. The summed E-state index contributed by atoms with van der Waals surface area (Å²) in [6, 6.07) is 9.57. The van der Waals surface area contributed by atoms with Crippen LogP contribution in [0.5, 0.6) is 5.75 Å². The van der Waals surface area contributed by atoms with Crippen molar-refractivity contribution in [1.29, 1.82) is 5.26 Å². The van der Waals surface area contributed by atoms with Gasteiger partial charge in [-0.1, -0.05) is 12.1 Å². The normalized spacial score (nSPS) is 18.8. The van der Waals surface area contributed by atoms with Crippen molar-refractivity contribution in [3.8, 4) is 11.8 Å². The summed E-state index contributed by atoms with van der Waals surface area (Å²) in [5.41, 5.74) is 6.53. The molecule has 0 radical (unpaired) electrons. The van der Waals surface area contributed by atoms with E-state index < -0.39 is 5.41 Å². The van der Waals surface area contributed by atoms with Gasteiger partial charge in [0.15, 0.2) is 0 Å². The third-order valence-corrected chi connectivity index (χ3v) is 3.15. The molecule has 1 heterocycles. The summed E-state index contributed by atoms with van der Waals surface area (Å²) in [5.74, 6) is 0.816. The van der Waals surface area contributed by atoms with Gasteiger partial charge in [0.25, 0.3) is 0 Å². The van der Waals surface area contributed by atoms with Gasteiger partial charge in [0.05, 0.1) is 31.4 Å². The summed E-state index contributed by atoms with van der Waals surface area (Å²) in [7, 11) is 0. The number of nitriles is 1. The molecular weight excluding hydrogens is 228 g/mol. The number of nitrogens with two attached hydrogens (primary N) is 1. The molecule has 0 amide bonds. The molecule has 1 aromatic rings. The number of benzene rings is 1. The first kappa shape index (κ1) is 12.9. The highest BCUT2D eigenvalue weighted by atomic mass is 16.5. The van der Waals surface area contributed by atoms with Crippen molar-refractivity contribution in [2.75, 3.05) is 13.2 Å². The Morgan fingerprint density at radius 1 is 1.33 bits per heavy atom. The molecule has 0 aliphatic carbocycles. The van der Waals surface area contributed by atoms with E-state index in [2.05, 4.69) is 6.07 Å². The van der Waals surface area contributed by atoms with Crippen molar-refractivity contribution in [1.82, 2.24) is 0 Å². The minimum absolute atomic E-state index is 0.148. The second kappa shape index (κ2) is 4.97. The number of ether oxygens (including phenoxy) is 2. The van der Waals surface area contributed by atoms with Gasteiger partial charge in [0.2, 0.25) is 0 Å². The van der Waals surface area contributed by atoms with Crippen molar-refractivity contribution < 1.29 is 9.47 Å². The number of nitrogens with zero attached hydrogens (tertiary/aromatic N) is 1. The van der Waals surface area contributed by atoms with Gasteiger partial charge >= 0.3 is 0 Å². The molecule has 1 saturated heterocycles. The molecule has 0 saturated carbocycles. The molecular formula is C14H18N2O2. The summed E-state index contributed by atoms with van der Waals surface area (Å²) < 4.78 is 10.7. The van der Waals surface area contributed by atoms with E-state index in [1.165, 1.54) is 0 Å². The Bertz CT molecular complexity index is 444. The van der Waals surface area contributed by atoms with Crippen LogP contribution in [0.25, 0.3) is 0 Å². The molecule has 1 unspecified atom stereocenters. The highest BCUT2D eigenvalue weighted by Gasteiger charge is 2.45. The molecule has 18 heavy (non-hydrogen) atoms. The van der Waals surface area contributed by atoms with Gasteiger partial charge in [-0.05, 0) is 31.5 Å². The molecule has 96 valence electrons. The van der Waals surface area contributed by atoms with Crippen molar-refractivity contribution >= 4 is 0 Å². The maximum atomic E-state index is 9.21. The van der Waals surface area contributed by atoms with Crippen LogP contribution in [-0.4, -0.2) is 19.3 Å². The van der Waals surface area contributed by atoms with E-state index in [1.807, 2.05) is 38.1 Å². The van der Waals surface area contributed by atoms with Crippen molar-refractivity contribution in [2.45, 2.75) is 26.0 Å². The van der Waals surface area contributed by atoms with Gasteiger partial charge in [0.1, 0.15) is 11.2 Å². The second-order valence-electron chi connectivity index (χ2n) is 4.97. The minimum Gasteiger partial charge on any atom is -0.491 e. The largest absolute Gasteiger partial charge is 0.491 e. The Morgan fingerprint density at radius 2 is 1.94 bits per heavy atom. The van der Waals surface area contributed by atoms with Gasteiger partial charge in [-0.15, -0.1) is 0 Å². The highest BCUT2D eigenvalue weighted by molar-refractivity contribution is 5.32. The molecule has 2 rings (SSSR count). The van der Waals surface area contributed by atoms with Crippen molar-refractivity contribution in [3.05, 3.63) is 29.8 Å². The first-order valence-corrected chi connectivity index (χ1v) is 6.08. The van der Waals surface area contributed by atoms with Crippen LogP contribution >= 0.6 is 0 Å². The van der Waals surface area contributed by atoms with Crippen LogP contribution in [0.1, 0.15) is 25.5 Å². The molecule has 1 aromatic carbocycles. The Hall–Kier alpha value is -1.57. The Labute approximate surface area is 107 Å². The van der Waals surface area contributed by atoms with E-state index in [0.29, 0.717) is 13.2 Å². The molecule has 1 aliphatic rings. The summed E-state index contributed by atoms with van der Waals surface area (Å²) >= 11 is 0. The topological polar surface area (TPSA) is 68.3 Å². The van der Waals surface area contributed by atoms with Gasteiger partial charge in [-0.25, -0.2) is 0 Å². The monoisotopic (exact) mass is 246 g/mol. The molecule has 1 atom stereocenters. The molecule has 1 fully saturated rings. The van der Waals surface area contributed by atoms with Crippen LogP contribution in [0.15, 0.2) is 24.3 Å². The predicted molar refractivity (Wildman–Crippen MR) is 68.0 cm³/mol. The third-order valence-electron chi connectivity index (χ3n) is 3.15. The Balaban J connectivity index is 2.12. The number of hydrogen-bond acceptors (Lipinski definition) is 4. The van der Waals surface area contributed by atoms with Crippen molar-refractivity contribution in [2.24, 2.45) is 11.1 Å². The third kappa shape index (κ3) is 2.33. The SMILES string of the molecule is CC(C)Oc1ccc(C(N)C2(C#N)COC2)cc1. The van der Waals surface area contributed by atoms with Gasteiger partial charge in [0, 0.05) is 0 Å². The summed E-state index contributed by atoms with van der Waals surface area (Å²) in [6.07, 6.45) is 0.148. The number of rotatable bonds is 4. The van der Waals surface area contributed by atoms with Gasteiger partial charge in [-0.2, -0.15) is 5.26 Å². The lowest BCUT2D eigenvalue weighted by Gasteiger charge is -2.39. The number of hydrogen-bond donors (Lipinski definition) is 1. The lowest BCUT2D eigenvalue weighted by Crippen LogP contribution is -2.49.